The Morgan fingerprint density at radius 2 is 1.75 bits per heavy atom. The molecule has 20 heavy (non-hydrogen) atoms. The van der Waals surface area contributed by atoms with Gasteiger partial charge >= 0.3 is 0 Å². The third-order valence-electron chi connectivity index (χ3n) is 2.94. The van der Waals surface area contributed by atoms with Gasteiger partial charge in [-0.05, 0) is 29.3 Å². The zero-order valence-electron chi connectivity index (χ0n) is 11.6. The van der Waals surface area contributed by atoms with Crippen molar-refractivity contribution in [3.8, 4) is 5.75 Å². The molecular weight excluding hydrogens is 248 g/mol. The highest BCUT2D eigenvalue weighted by molar-refractivity contribution is 5.93. The predicted octanol–water partition coefficient (Wildman–Crippen LogP) is 4.26. The van der Waals surface area contributed by atoms with Gasteiger partial charge in [-0.2, -0.15) is 0 Å². The van der Waals surface area contributed by atoms with Gasteiger partial charge in [0.25, 0.3) is 0 Å². The first-order valence-electron chi connectivity index (χ1n) is 6.75. The first-order valence-corrected chi connectivity index (χ1v) is 6.75. The summed E-state index contributed by atoms with van der Waals surface area (Å²) in [5.41, 5.74) is 2.14. The molecule has 2 aromatic carbocycles. The molecule has 0 fully saturated rings. The Morgan fingerprint density at radius 3 is 2.40 bits per heavy atom. The summed E-state index contributed by atoms with van der Waals surface area (Å²) in [5.74, 6) is 0.960. The first kappa shape index (κ1) is 14.1. The fraction of sp³-hybridized carbons (Fsp3) is 0.167. The first-order chi connectivity index (χ1) is 9.78. The maximum atomic E-state index is 11.2. The van der Waals surface area contributed by atoms with Crippen LogP contribution in [0.3, 0.4) is 0 Å². The lowest BCUT2D eigenvalue weighted by atomic mass is 10.2. The summed E-state index contributed by atoms with van der Waals surface area (Å²) >= 11 is 0. The molecule has 2 rings (SSSR count). The molecule has 0 saturated heterocycles. The summed E-state index contributed by atoms with van der Waals surface area (Å²) in [6.07, 6.45) is 3.97. The third-order valence-corrected chi connectivity index (χ3v) is 2.94. The Hall–Kier alpha value is -2.35. The van der Waals surface area contributed by atoms with E-state index in [9.17, 15) is 4.79 Å². The molecule has 0 aromatic heterocycles. The van der Waals surface area contributed by atoms with Crippen LogP contribution in [0.5, 0.6) is 5.75 Å². The van der Waals surface area contributed by atoms with Crippen LogP contribution in [0, 0.1) is 0 Å². The van der Waals surface area contributed by atoms with E-state index >= 15 is 0 Å². The third kappa shape index (κ3) is 4.39. The van der Waals surface area contributed by atoms with Crippen LogP contribution in [-0.2, 0) is 11.4 Å². The van der Waals surface area contributed by atoms with E-state index in [0.717, 1.165) is 16.9 Å². The molecule has 102 valence electrons. The number of hydrogen-bond donors (Lipinski definition) is 0. The molecule has 0 radical (unpaired) electrons. The number of benzene rings is 2. The average molecular weight is 266 g/mol. The van der Waals surface area contributed by atoms with Crippen LogP contribution >= 0.6 is 0 Å². The van der Waals surface area contributed by atoms with Gasteiger partial charge in [-0.1, -0.05) is 55.5 Å². The molecular formula is C18H18O2. The van der Waals surface area contributed by atoms with Gasteiger partial charge in [-0.15, -0.1) is 0 Å². The minimum absolute atomic E-state index is 0.134. The van der Waals surface area contributed by atoms with Crippen molar-refractivity contribution in [1.82, 2.24) is 0 Å². The lowest BCUT2D eigenvalue weighted by Gasteiger charge is -2.06. The monoisotopic (exact) mass is 266 g/mol. The van der Waals surface area contributed by atoms with Crippen molar-refractivity contribution in [2.24, 2.45) is 0 Å². The summed E-state index contributed by atoms with van der Waals surface area (Å²) in [4.78, 5) is 11.2. The number of carbonyl (C=O) groups is 1. The lowest BCUT2D eigenvalue weighted by molar-refractivity contribution is -0.114. The van der Waals surface area contributed by atoms with Crippen molar-refractivity contribution in [2.75, 3.05) is 0 Å². The second kappa shape index (κ2) is 7.29. The van der Waals surface area contributed by atoms with E-state index < -0.39 is 0 Å². The van der Waals surface area contributed by atoms with Gasteiger partial charge in [0.2, 0.25) is 0 Å². The van der Waals surface area contributed by atoms with Crippen molar-refractivity contribution in [3.05, 3.63) is 71.8 Å². The molecule has 0 spiro atoms. The zero-order chi connectivity index (χ0) is 14.2. The van der Waals surface area contributed by atoms with E-state index in [2.05, 4.69) is 0 Å². The smallest absolute Gasteiger partial charge is 0.155 e. The Kier molecular flexibility index (Phi) is 5.13. The SMILES string of the molecule is CCC(=O)C=Cc1ccc(OCc2ccccc2)cc1. The molecule has 0 bridgehead atoms. The number of ketones is 1. The minimum Gasteiger partial charge on any atom is -0.489 e. The number of allylic oxidation sites excluding steroid dienone is 1. The second-order valence-corrected chi connectivity index (χ2v) is 4.50. The Morgan fingerprint density at radius 1 is 1.05 bits per heavy atom. The maximum Gasteiger partial charge on any atom is 0.155 e. The quantitative estimate of drug-likeness (QED) is 0.730. The highest BCUT2D eigenvalue weighted by Gasteiger charge is 1.96. The van der Waals surface area contributed by atoms with Gasteiger partial charge in [0.1, 0.15) is 12.4 Å². The molecule has 0 saturated carbocycles. The zero-order valence-corrected chi connectivity index (χ0v) is 11.6. The number of rotatable bonds is 6. The highest BCUT2D eigenvalue weighted by atomic mass is 16.5. The Labute approximate surface area is 119 Å². The van der Waals surface area contributed by atoms with Crippen LogP contribution in [0.1, 0.15) is 24.5 Å². The van der Waals surface area contributed by atoms with Crippen LogP contribution in [0.15, 0.2) is 60.7 Å². The molecule has 0 atom stereocenters. The number of ether oxygens (including phenoxy) is 1. The second-order valence-electron chi connectivity index (χ2n) is 4.50. The molecule has 0 heterocycles. The van der Waals surface area contributed by atoms with E-state index in [1.54, 1.807) is 6.08 Å². The average Bonchev–Trinajstić information content (AvgIpc) is 2.52. The normalized spacial score (nSPS) is 10.7. The van der Waals surface area contributed by atoms with E-state index in [-0.39, 0.29) is 5.78 Å². The maximum absolute atomic E-state index is 11.2. The van der Waals surface area contributed by atoms with Crippen molar-refractivity contribution in [1.29, 1.82) is 0 Å². The summed E-state index contributed by atoms with van der Waals surface area (Å²) in [6, 6.07) is 17.8. The molecule has 0 aliphatic rings. The van der Waals surface area contributed by atoms with Crippen LogP contribution in [0.25, 0.3) is 6.08 Å². The highest BCUT2D eigenvalue weighted by Crippen LogP contribution is 2.15. The lowest BCUT2D eigenvalue weighted by Crippen LogP contribution is -1.94. The summed E-state index contributed by atoms with van der Waals surface area (Å²) < 4.78 is 5.70. The predicted molar refractivity (Wildman–Crippen MR) is 81.5 cm³/mol. The van der Waals surface area contributed by atoms with Crippen molar-refractivity contribution < 1.29 is 9.53 Å². The molecule has 2 aromatic rings. The van der Waals surface area contributed by atoms with E-state index in [1.807, 2.05) is 67.6 Å². The van der Waals surface area contributed by atoms with Gasteiger partial charge in [0.15, 0.2) is 5.78 Å². The van der Waals surface area contributed by atoms with E-state index in [4.69, 9.17) is 4.74 Å². The summed E-state index contributed by atoms with van der Waals surface area (Å²) in [7, 11) is 0. The van der Waals surface area contributed by atoms with Gasteiger partial charge < -0.3 is 4.74 Å². The number of carbonyl (C=O) groups excluding carboxylic acids is 1. The molecule has 0 amide bonds. The summed E-state index contributed by atoms with van der Waals surface area (Å²) in [5, 5.41) is 0. The largest absolute Gasteiger partial charge is 0.489 e. The fourth-order valence-corrected chi connectivity index (χ4v) is 1.72. The molecule has 0 N–H and O–H groups in total. The van der Waals surface area contributed by atoms with Gasteiger partial charge in [-0.3, -0.25) is 4.79 Å². The Bertz CT molecular complexity index is 568. The van der Waals surface area contributed by atoms with Crippen LogP contribution < -0.4 is 4.74 Å². The van der Waals surface area contributed by atoms with Crippen LogP contribution in [-0.4, -0.2) is 5.78 Å². The van der Waals surface area contributed by atoms with E-state index in [0.29, 0.717) is 13.0 Å². The van der Waals surface area contributed by atoms with Crippen molar-refractivity contribution >= 4 is 11.9 Å². The van der Waals surface area contributed by atoms with Gasteiger partial charge in [0.05, 0.1) is 0 Å². The topological polar surface area (TPSA) is 26.3 Å². The molecule has 2 heteroatoms. The van der Waals surface area contributed by atoms with Crippen LogP contribution in [0.2, 0.25) is 0 Å². The molecule has 0 aliphatic heterocycles. The van der Waals surface area contributed by atoms with E-state index in [1.165, 1.54) is 0 Å². The van der Waals surface area contributed by atoms with Crippen molar-refractivity contribution in [2.45, 2.75) is 20.0 Å². The Balaban J connectivity index is 1.91. The fourth-order valence-electron chi connectivity index (χ4n) is 1.72. The summed E-state index contributed by atoms with van der Waals surface area (Å²) in [6.45, 7) is 2.41. The standard InChI is InChI=1S/C18H18O2/c1-2-17(19)11-8-15-9-12-18(13-10-15)20-14-16-6-4-3-5-7-16/h3-13H,2,14H2,1H3. The van der Waals surface area contributed by atoms with Gasteiger partial charge in [-0.25, -0.2) is 0 Å². The molecule has 2 nitrogen and oxygen atoms in total. The van der Waals surface area contributed by atoms with Crippen molar-refractivity contribution in [3.63, 3.8) is 0 Å². The minimum atomic E-state index is 0.134. The van der Waals surface area contributed by atoms with Crippen LogP contribution in [0.4, 0.5) is 0 Å². The molecule has 0 unspecified atom stereocenters. The molecule has 0 aliphatic carbocycles. The number of hydrogen-bond acceptors (Lipinski definition) is 2. The van der Waals surface area contributed by atoms with Gasteiger partial charge in [0, 0.05) is 6.42 Å².